The van der Waals surface area contributed by atoms with E-state index in [-0.39, 0.29) is 0 Å². The SMILES string of the molecule is O=C(O)c1cc(NS(=O)(=O)c2c(F)cccc2F)cc(C(F)(F)F)c1. The lowest BCUT2D eigenvalue weighted by atomic mass is 10.1. The number of anilines is 1. The van der Waals surface area contributed by atoms with Gasteiger partial charge in [-0.2, -0.15) is 13.2 Å². The van der Waals surface area contributed by atoms with Crippen LogP contribution in [0.4, 0.5) is 27.6 Å². The average Bonchev–Trinajstić information content (AvgIpc) is 2.44. The van der Waals surface area contributed by atoms with Crippen LogP contribution in [0.3, 0.4) is 0 Å². The van der Waals surface area contributed by atoms with Crippen molar-refractivity contribution < 1.29 is 40.3 Å². The average molecular weight is 381 g/mol. The van der Waals surface area contributed by atoms with Gasteiger partial charge in [0.15, 0.2) is 4.90 Å². The first-order valence-corrected chi connectivity index (χ1v) is 7.82. The minimum atomic E-state index is -4.96. The molecule has 0 heterocycles. The normalized spacial score (nSPS) is 12.0. The maximum atomic E-state index is 13.6. The fourth-order valence-corrected chi connectivity index (χ4v) is 3.10. The van der Waals surface area contributed by atoms with E-state index in [4.69, 9.17) is 5.11 Å². The van der Waals surface area contributed by atoms with Crippen LogP contribution in [0, 0.1) is 11.6 Å². The molecular weight excluding hydrogens is 373 g/mol. The first-order chi connectivity index (χ1) is 11.4. The molecule has 0 aliphatic heterocycles. The van der Waals surface area contributed by atoms with Gasteiger partial charge in [0.2, 0.25) is 0 Å². The molecule has 0 aliphatic carbocycles. The van der Waals surface area contributed by atoms with Crippen LogP contribution in [0.1, 0.15) is 15.9 Å². The molecule has 0 spiro atoms. The fourth-order valence-electron chi connectivity index (χ4n) is 1.92. The van der Waals surface area contributed by atoms with E-state index in [9.17, 15) is 35.2 Å². The monoisotopic (exact) mass is 381 g/mol. The lowest BCUT2D eigenvalue weighted by molar-refractivity contribution is -0.137. The van der Waals surface area contributed by atoms with E-state index in [0.29, 0.717) is 30.3 Å². The van der Waals surface area contributed by atoms with Gasteiger partial charge in [-0.25, -0.2) is 22.0 Å². The van der Waals surface area contributed by atoms with Gasteiger partial charge in [-0.15, -0.1) is 0 Å². The van der Waals surface area contributed by atoms with Gasteiger partial charge in [0, 0.05) is 0 Å². The van der Waals surface area contributed by atoms with Crippen molar-refractivity contribution in [2.45, 2.75) is 11.1 Å². The highest BCUT2D eigenvalue weighted by atomic mass is 32.2. The molecule has 0 atom stereocenters. The Morgan fingerprint density at radius 1 is 1.04 bits per heavy atom. The van der Waals surface area contributed by atoms with Crippen molar-refractivity contribution in [1.29, 1.82) is 0 Å². The molecule has 0 saturated heterocycles. The number of nitrogens with one attached hydrogen (secondary N) is 1. The maximum absolute atomic E-state index is 13.6. The molecule has 2 aromatic carbocycles. The predicted molar refractivity (Wildman–Crippen MR) is 75.6 cm³/mol. The zero-order valence-corrected chi connectivity index (χ0v) is 12.8. The molecule has 2 aromatic rings. The number of benzene rings is 2. The van der Waals surface area contributed by atoms with Crippen LogP contribution in [0.2, 0.25) is 0 Å². The van der Waals surface area contributed by atoms with Crippen LogP contribution in [0.15, 0.2) is 41.3 Å². The van der Waals surface area contributed by atoms with Crippen LogP contribution in [0.25, 0.3) is 0 Å². The molecule has 2 N–H and O–H groups in total. The first kappa shape index (κ1) is 18.6. The molecule has 0 unspecified atom stereocenters. The summed E-state index contributed by atoms with van der Waals surface area (Å²) in [4.78, 5) is 9.51. The summed E-state index contributed by atoms with van der Waals surface area (Å²) < 4.78 is 91.3. The number of aromatic carboxylic acids is 1. The number of carboxylic acids is 1. The van der Waals surface area contributed by atoms with Crippen molar-refractivity contribution in [3.8, 4) is 0 Å². The molecule has 11 heteroatoms. The number of hydrogen-bond acceptors (Lipinski definition) is 3. The molecular formula is C14H8F5NO4S. The number of alkyl halides is 3. The number of sulfonamides is 1. The number of carbonyl (C=O) groups is 1. The van der Waals surface area contributed by atoms with Crippen molar-refractivity contribution in [3.05, 3.63) is 59.2 Å². The summed E-state index contributed by atoms with van der Waals surface area (Å²) >= 11 is 0. The van der Waals surface area contributed by atoms with Gasteiger partial charge in [-0.05, 0) is 30.3 Å². The van der Waals surface area contributed by atoms with E-state index in [0.717, 1.165) is 6.07 Å². The van der Waals surface area contributed by atoms with Crippen LogP contribution in [-0.4, -0.2) is 19.5 Å². The van der Waals surface area contributed by atoms with Gasteiger partial charge in [0.1, 0.15) is 11.6 Å². The summed E-state index contributed by atoms with van der Waals surface area (Å²) in [6.45, 7) is 0. The second-order valence-electron chi connectivity index (χ2n) is 4.76. The third kappa shape index (κ3) is 4.05. The van der Waals surface area contributed by atoms with Gasteiger partial charge in [0.05, 0.1) is 16.8 Å². The Balaban J connectivity index is 2.56. The number of rotatable bonds is 4. The maximum Gasteiger partial charge on any atom is 0.416 e. The van der Waals surface area contributed by atoms with Crippen molar-refractivity contribution in [2.75, 3.05) is 4.72 Å². The molecule has 0 radical (unpaired) electrons. The molecule has 25 heavy (non-hydrogen) atoms. The van der Waals surface area contributed by atoms with E-state index in [2.05, 4.69) is 0 Å². The summed E-state index contributed by atoms with van der Waals surface area (Å²) in [5.41, 5.74) is -3.12. The minimum Gasteiger partial charge on any atom is -0.478 e. The van der Waals surface area contributed by atoms with Gasteiger partial charge in [0.25, 0.3) is 10.0 Å². The van der Waals surface area contributed by atoms with E-state index in [1.165, 1.54) is 0 Å². The molecule has 134 valence electrons. The summed E-state index contributed by atoms with van der Waals surface area (Å²) in [6.07, 6.45) is -4.96. The number of hydrogen-bond donors (Lipinski definition) is 2. The summed E-state index contributed by atoms with van der Waals surface area (Å²) in [7, 11) is -4.94. The third-order valence-corrected chi connectivity index (χ3v) is 4.38. The standard InChI is InChI=1S/C14H8F5NO4S/c15-10-2-1-3-11(16)12(10)25(23,24)20-9-5-7(13(21)22)4-8(6-9)14(17,18)19/h1-6,20H,(H,21,22). The highest BCUT2D eigenvalue weighted by Crippen LogP contribution is 2.33. The fraction of sp³-hybridized carbons (Fsp3) is 0.0714. The van der Waals surface area contributed by atoms with Crippen LogP contribution >= 0.6 is 0 Å². The lowest BCUT2D eigenvalue weighted by Crippen LogP contribution is -2.18. The Labute approximate surface area is 137 Å². The summed E-state index contributed by atoms with van der Waals surface area (Å²) in [5.74, 6) is -4.67. The van der Waals surface area contributed by atoms with E-state index < -0.39 is 55.5 Å². The highest BCUT2D eigenvalue weighted by Gasteiger charge is 2.33. The Bertz CT molecular complexity index is 920. The number of carboxylic acid groups (broad SMARTS) is 1. The molecule has 5 nitrogen and oxygen atoms in total. The third-order valence-electron chi connectivity index (χ3n) is 2.95. The van der Waals surface area contributed by atoms with E-state index in [1.807, 2.05) is 0 Å². The summed E-state index contributed by atoms with van der Waals surface area (Å²) in [6, 6.07) is 3.38. The van der Waals surface area contributed by atoms with E-state index >= 15 is 0 Å². The molecule has 0 saturated carbocycles. The van der Waals surface area contributed by atoms with Crippen LogP contribution in [0.5, 0.6) is 0 Å². The topological polar surface area (TPSA) is 83.5 Å². The first-order valence-electron chi connectivity index (χ1n) is 6.34. The largest absolute Gasteiger partial charge is 0.478 e. The van der Waals surface area contributed by atoms with Crippen molar-refractivity contribution in [1.82, 2.24) is 0 Å². The smallest absolute Gasteiger partial charge is 0.416 e. The number of halogens is 5. The second kappa shape index (κ2) is 6.31. The Morgan fingerprint density at radius 2 is 1.60 bits per heavy atom. The molecule has 0 fully saturated rings. The molecule has 0 aromatic heterocycles. The van der Waals surface area contributed by atoms with Gasteiger partial charge in [-0.3, -0.25) is 4.72 Å². The zero-order valence-electron chi connectivity index (χ0n) is 11.9. The van der Waals surface area contributed by atoms with Gasteiger partial charge in [-0.1, -0.05) is 6.07 Å². The highest BCUT2D eigenvalue weighted by molar-refractivity contribution is 7.92. The van der Waals surface area contributed by atoms with Crippen molar-refractivity contribution >= 4 is 21.7 Å². The molecule has 0 bridgehead atoms. The molecule has 0 aliphatic rings. The summed E-state index contributed by atoms with van der Waals surface area (Å²) in [5, 5.41) is 8.84. The van der Waals surface area contributed by atoms with E-state index in [1.54, 1.807) is 4.72 Å². The van der Waals surface area contributed by atoms with Gasteiger partial charge >= 0.3 is 12.1 Å². The van der Waals surface area contributed by atoms with Crippen LogP contribution in [-0.2, 0) is 16.2 Å². The Hall–Kier alpha value is -2.69. The van der Waals surface area contributed by atoms with Crippen LogP contribution < -0.4 is 4.72 Å². The van der Waals surface area contributed by atoms with Crippen molar-refractivity contribution in [2.24, 2.45) is 0 Å². The Morgan fingerprint density at radius 3 is 2.08 bits per heavy atom. The quantitative estimate of drug-likeness (QED) is 0.795. The molecule has 0 amide bonds. The minimum absolute atomic E-state index is 0.295. The van der Waals surface area contributed by atoms with Crippen molar-refractivity contribution in [3.63, 3.8) is 0 Å². The predicted octanol–water partition coefficient (Wildman–Crippen LogP) is 3.48. The molecule has 2 rings (SSSR count). The Kier molecular flexibility index (Phi) is 4.71. The second-order valence-corrected chi connectivity index (χ2v) is 6.38. The lowest BCUT2D eigenvalue weighted by Gasteiger charge is -2.13. The van der Waals surface area contributed by atoms with Gasteiger partial charge < -0.3 is 5.11 Å². The zero-order chi connectivity index (χ0) is 19.0.